The molecule has 1 saturated heterocycles. The highest BCUT2D eigenvalue weighted by molar-refractivity contribution is 5.97. The van der Waals surface area contributed by atoms with E-state index in [1.54, 1.807) is 12.1 Å². The highest BCUT2D eigenvalue weighted by Crippen LogP contribution is 2.26. The van der Waals surface area contributed by atoms with Crippen LogP contribution < -0.4 is 5.73 Å². The largest absolute Gasteiger partial charge is 0.409 e. The molecule has 1 aliphatic heterocycles. The molecule has 1 heterocycles. The van der Waals surface area contributed by atoms with Crippen LogP contribution in [0.3, 0.4) is 0 Å². The normalized spacial score (nSPS) is 18.4. The predicted molar refractivity (Wildman–Crippen MR) is 81.7 cm³/mol. The zero-order valence-corrected chi connectivity index (χ0v) is 12.7. The van der Waals surface area contributed by atoms with Gasteiger partial charge >= 0.3 is 0 Å². The molecule has 0 radical (unpaired) electrons. The minimum atomic E-state index is -0.390. The van der Waals surface area contributed by atoms with E-state index in [9.17, 15) is 4.39 Å². The van der Waals surface area contributed by atoms with Gasteiger partial charge in [-0.3, -0.25) is 4.90 Å². The summed E-state index contributed by atoms with van der Waals surface area (Å²) in [6, 6.07) is 5.03. The number of amidine groups is 1. The Balaban J connectivity index is 2.04. The van der Waals surface area contributed by atoms with E-state index in [4.69, 9.17) is 10.9 Å². The minimum Gasteiger partial charge on any atom is -0.409 e. The van der Waals surface area contributed by atoms with Gasteiger partial charge in [-0.15, -0.1) is 0 Å². The molecule has 2 rings (SSSR count). The highest BCUT2D eigenvalue weighted by atomic mass is 19.1. The molecule has 1 fully saturated rings. The maximum absolute atomic E-state index is 14.4. The Morgan fingerprint density at radius 3 is 2.67 bits per heavy atom. The maximum atomic E-state index is 14.4. The van der Waals surface area contributed by atoms with Crippen LogP contribution in [0, 0.1) is 17.7 Å². The molecule has 1 aliphatic rings. The molecule has 0 bridgehead atoms. The van der Waals surface area contributed by atoms with Crippen molar-refractivity contribution >= 4 is 5.84 Å². The van der Waals surface area contributed by atoms with Gasteiger partial charge in [0.2, 0.25) is 0 Å². The first-order chi connectivity index (χ1) is 10.0. The SMILES string of the molecule is CC(C)C1CCN(Cc2cccc(/C(N)=N/O)c2F)CC1. The van der Waals surface area contributed by atoms with Crippen LogP contribution in [0.15, 0.2) is 23.4 Å². The van der Waals surface area contributed by atoms with Crippen molar-refractivity contribution in [2.24, 2.45) is 22.7 Å². The number of rotatable bonds is 4. The molecule has 0 aliphatic carbocycles. The third-order valence-corrected chi connectivity index (χ3v) is 4.43. The van der Waals surface area contributed by atoms with Gasteiger partial charge in [-0.05, 0) is 43.8 Å². The summed E-state index contributed by atoms with van der Waals surface area (Å²) in [5.41, 5.74) is 6.25. The first-order valence-electron chi connectivity index (χ1n) is 7.50. The average molecular weight is 293 g/mol. The van der Waals surface area contributed by atoms with Crippen LogP contribution >= 0.6 is 0 Å². The average Bonchev–Trinajstić information content (AvgIpc) is 2.49. The standard InChI is InChI=1S/C16H24FN3O/c1-11(2)12-6-8-20(9-7-12)10-13-4-3-5-14(15(13)17)16(18)19-21/h3-5,11-12,21H,6-10H2,1-2H3,(H2,18,19). The predicted octanol–water partition coefficient (Wildman–Crippen LogP) is 2.79. The zero-order chi connectivity index (χ0) is 15.4. The molecule has 5 heteroatoms. The number of oxime groups is 1. The van der Waals surface area contributed by atoms with Gasteiger partial charge in [0.15, 0.2) is 5.84 Å². The number of piperidine rings is 1. The zero-order valence-electron chi connectivity index (χ0n) is 12.7. The monoisotopic (exact) mass is 293 g/mol. The van der Waals surface area contributed by atoms with Gasteiger partial charge in [0, 0.05) is 12.1 Å². The molecule has 4 nitrogen and oxygen atoms in total. The van der Waals surface area contributed by atoms with Crippen LogP contribution in [-0.2, 0) is 6.54 Å². The van der Waals surface area contributed by atoms with E-state index in [-0.39, 0.29) is 11.4 Å². The Bertz CT molecular complexity index is 508. The van der Waals surface area contributed by atoms with Crippen molar-refractivity contribution in [2.45, 2.75) is 33.2 Å². The molecular weight excluding hydrogens is 269 g/mol. The maximum Gasteiger partial charge on any atom is 0.173 e. The van der Waals surface area contributed by atoms with E-state index < -0.39 is 5.82 Å². The number of hydrogen-bond acceptors (Lipinski definition) is 3. The van der Waals surface area contributed by atoms with Crippen molar-refractivity contribution < 1.29 is 9.60 Å². The van der Waals surface area contributed by atoms with Gasteiger partial charge in [0.05, 0.1) is 5.56 Å². The highest BCUT2D eigenvalue weighted by Gasteiger charge is 2.22. The molecule has 1 aromatic carbocycles. The molecule has 0 saturated carbocycles. The van der Waals surface area contributed by atoms with E-state index in [0.29, 0.717) is 18.0 Å². The summed E-state index contributed by atoms with van der Waals surface area (Å²) in [5.74, 6) is 0.911. The summed E-state index contributed by atoms with van der Waals surface area (Å²) in [5, 5.41) is 11.6. The summed E-state index contributed by atoms with van der Waals surface area (Å²) in [4.78, 5) is 2.27. The first-order valence-corrected chi connectivity index (χ1v) is 7.50. The molecule has 0 atom stereocenters. The van der Waals surface area contributed by atoms with Crippen molar-refractivity contribution in [3.05, 3.63) is 35.1 Å². The molecule has 0 aromatic heterocycles. The van der Waals surface area contributed by atoms with Gasteiger partial charge in [-0.2, -0.15) is 0 Å². The Morgan fingerprint density at radius 1 is 1.43 bits per heavy atom. The van der Waals surface area contributed by atoms with Crippen LogP contribution in [0.25, 0.3) is 0 Å². The smallest absolute Gasteiger partial charge is 0.173 e. The third-order valence-electron chi connectivity index (χ3n) is 4.43. The number of benzene rings is 1. The summed E-state index contributed by atoms with van der Waals surface area (Å²) in [6.07, 6.45) is 2.33. The fourth-order valence-corrected chi connectivity index (χ4v) is 2.97. The third kappa shape index (κ3) is 3.73. The summed E-state index contributed by atoms with van der Waals surface area (Å²) >= 11 is 0. The van der Waals surface area contributed by atoms with Gasteiger partial charge in [0.1, 0.15) is 5.82 Å². The van der Waals surface area contributed by atoms with Crippen LogP contribution in [0.1, 0.15) is 37.8 Å². The number of halogens is 1. The van der Waals surface area contributed by atoms with Crippen molar-refractivity contribution in [1.29, 1.82) is 0 Å². The van der Waals surface area contributed by atoms with Crippen molar-refractivity contribution in [3.63, 3.8) is 0 Å². The van der Waals surface area contributed by atoms with Gasteiger partial charge in [-0.25, -0.2) is 4.39 Å². The number of nitrogens with two attached hydrogens (primary N) is 1. The van der Waals surface area contributed by atoms with Gasteiger partial charge in [0.25, 0.3) is 0 Å². The van der Waals surface area contributed by atoms with E-state index in [2.05, 4.69) is 23.9 Å². The lowest BCUT2D eigenvalue weighted by Crippen LogP contribution is -2.35. The second-order valence-corrected chi connectivity index (χ2v) is 6.12. The quantitative estimate of drug-likeness (QED) is 0.388. The molecular formula is C16H24FN3O. The molecule has 0 amide bonds. The van der Waals surface area contributed by atoms with E-state index in [0.717, 1.165) is 19.0 Å². The molecule has 3 N–H and O–H groups in total. The Morgan fingerprint density at radius 2 is 2.10 bits per heavy atom. The topological polar surface area (TPSA) is 61.8 Å². The Kier molecular flexibility index (Phi) is 5.17. The molecule has 1 aromatic rings. The second kappa shape index (κ2) is 6.89. The van der Waals surface area contributed by atoms with Gasteiger partial charge in [-0.1, -0.05) is 31.1 Å². The van der Waals surface area contributed by atoms with Crippen LogP contribution in [0.4, 0.5) is 4.39 Å². The molecule has 21 heavy (non-hydrogen) atoms. The number of hydrogen-bond donors (Lipinski definition) is 2. The fourth-order valence-electron chi connectivity index (χ4n) is 2.97. The summed E-state index contributed by atoms with van der Waals surface area (Å²) in [7, 11) is 0. The summed E-state index contributed by atoms with van der Waals surface area (Å²) < 4.78 is 14.4. The Hall–Kier alpha value is -1.62. The number of nitrogens with zero attached hydrogens (tertiary/aromatic N) is 2. The lowest BCUT2D eigenvalue weighted by Gasteiger charge is -2.34. The molecule has 0 unspecified atom stereocenters. The van der Waals surface area contributed by atoms with E-state index in [1.807, 2.05) is 0 Å². The van der Waals surface area contributed by atoms with Gasteiger partial charge < -0.3 is 10.9 Å². The lowest BCUT2D eigenvalue weighted by molar-refractivity contribution is 0.150. The fraction of sp³-hybridized carbons (Fsp3) is 0.562. The minimum absolute atomic E-state index is 0.159. The first kappa shape index (κ1) is 15.8. The molecule has 0 spiro atoms. The Labute approximate surface area is 125 Å². The van der Waals surface area contributed by atoms with Crippen LogP contribution in [-0.4, -0.2) is 29.0 Å². The number of likely N-dealkylation sites (tertiary alicyclic amines) is 1. The second-order valence-electron chi connectivity index (χ2n) is 6.12. The summed E-state index contributed by atoms with van der Waals surface area (Å²) in [6.45, 7) is 7.09. The van der Waals surface area contributed by atoms with Crippen molar-refractivity contribution in [3.8, 4) is 0 Å². The van der Waals surface area contributed by atoms with Crippen molar-refractivity contribution in [2.75, 3.05) is 13.1 Å². The lowest BCUT2D eigenvalue weighted by atomic mass is 9.86. The van der Waals surface area contributed by atoms with E-state index >= 15 is 0 Å². The molecule has 116 valence electrons. The van der Waals surface area contributed by atoms with E-state index in [1.165, 1.54) is 18.9 Å². The van der Waals surface area contributed by atoms with Crippen LogP contribution in [0.2, 0.25) is 0 Å². The van der Waals surface area contributed by atoms with Crippen LogP contribution in [0.5, 0.6) is 0 Å². The van der Waals surface area contributed by atoms with Crippen molar-refractivity contribution in [1.82, 2.24) is 4.90 Å².